The van der Waals surface area contributed by atoms with E-state index in [1.54, 1.807) is 24.3 Å². The third-order valence-corrected chi connectivity index (χ3v) is 6.58. The fourth-order valence-corrected chi connectivity index (χ4v) is 5.09. The van der Waals surface area contributed by atoms with E-state index in [1.807, 2.05) is 26.8 Å². The number of carbonyl (C=O) groups is 2. The Morgan fingerprint density at radius 2 is 1.76 bits per heavy atom. The summed E-state index contributed by atoms with van der Waals surface area (Å²) in [7, 11) is 0. The predicted molar refractivity (Wildman–Crippen MR) is 132 cm³/mol. The van der Waals surface area contributed by atoms with Gasteiger partial charge >= 0.3 is 18.1 Å². The molecule has 4 atom stereocenters. The molecule has 0 bridgehead atoms. The van der Waals surface area contributed by atoms with Crippen molar-refractivity contribution in [2.75, 3.05) is 0 Å². The molecule has 0 aliphatic carbocycles. The van der Waals surface area contributed by atoms with E-state index in [4.69, 9.17) is 21.5 Å². The molecule has 0 spiro atoms. The van der Waals surface area contributed by atoms with Gasteiger partial charge in [0.15, 0.2) is 0 Å². The number of rotatable bonds is 4. The van der Waals surface area contributed by atoms with E-state index in [-0.39, 0.29) is 16.0 Å². The molecule has 12 heteroatoms. The Labute approximate surface area is 224 Å². The van der Waals surface area contributed by atoms with Gasteiger partial charge in [-0.05, 0) is 41.7 Å². The second kappa shape index (κ2) is 11.4. The molecule has 0 amide bonds. The van der Waals surface area contributed by atoms with Crippen molar-refractivity contribution < 1.29 is 37.4 Å². The highest BCUT2D eigenvalue weighted by molar-refractivity contribution is 9.10. The van der Waals surface area contributed by atoms with Gasteiger partial charge in [0, 0.05) is 27.0 Å². The van der Waals surface area contributed by atoms with Gasteiger partial charge < -0.3 is 10.2 Å². The zero-order valence-corrected chi connectivity index (χ0v) is 22.2. The molecule has 3 rings (SSSR count). The van der Waals surface area contributed by atoms with E-state index >= 15 is 4.39 Å². The fraction of sp³-hybridized carbons (Fsp3) is 0.400. The lowest BCUT2D eigenvalue weighted by atomic mass is 9.63. The Balaban J connectivity index is 0.000000604. The summed E-state index contributed by atoms with van der Waals surface area (Å²) in [6, 6.07) is 12.1. The van der Waals surface area contributed by atoms with Crippen LogP contribution >= 0.6 is 27.5 Å². The lowest BCUT2D eigenvalue weighted by molar-refractivity contribution is -0.192. The van der Waals surface area contributed by atoms with Crippen molar-refractivity contribution >= 4 is 39.5 Å². The van der Waals surface area contributed by atoms with E-state index in [0.717, 1.165) is 4.47 Å². The normalized spacial score (nSPS) is 23.5. The maximum atomic E-state index is 15.2. The maximum absolute atomic E-state index is 15.2. The van der Waals surface area contributed by atoms with Gasteiger partial charge in [0.1, 0.15) is 17.3 Å². The fourth-order valence-electron chi connectivity index (χ4n) is 4.51. The molecule has 1 saturated heterocycles. The average molecular weight is 608 g/mol. The molecule has 1 aliphatic heterocycles. The van der Waals surface area contributed by atoms with E-state index in [2.05, 4.69) is 27.3 Å². The Hall–Kier alpha value is -2.68. The van der Waals surface area contributed by atoms with Crippen molar-refractivity contribution in [1.29, 1.82) is 5.26 Å². The first-order valence-electron chi connectivity index (χ1n) is 10.8. The number of carboxylic acid groups (broad SMARTS) is 2. The van der Waals surface area contributed by atoms with Crippen LogP contribution in [0.1, 0.15) is 44.2 Å². The minimum atomic E-state index is -5.08. The number of hydrogen-bond donors (Lipinski definition) is 3. The largest absolute Gasteiger partial charge is 0.490 e. The van der Waals surface area contributed by atoms with Gasteiger partial charge in [-0.3, -0.25) is 10.1 Å². The Bertz CT molecular complexity index is 1210. The zero-order valence-electron chi connectivity index (χ0n) is 19.9. The van der Waals surface area contributed by atoms with Crippen molar-refractivity contribution in [1.82, 2.24) is 5.32 Å². The van der Waals surface area contributed by atoms with Crippen molar-refractivity contribution in [2.45, 2.75) is 56.8 Å². The number of aliphatic carboxylic acids is 2. The minimum absolute atomic E-state index is 0.157. The SMILES string of the molecule is CC(C)(C)C[C@@H]1N[C@@H](C(=O)O)[C@H](c2cccc(Br)c2)[C@@]1(C#N)c1ccc(Cl)cc1F.O=C(O)C(F)(F)F. The van der Waals surface area contributed by atoms with Gasteiger partial charge in [-0.25, -0.2) is 9.18 Å². The van der Waals surface area contributed by atoms with Crippen molar-refractivity contribution in [3.63, 3.8) is 0 Å². The number of hydrogen-bond acceptors (Lipinski definition) is 4. The summed E-state index contributed by atoms with van der Waals surface area (Å²) in [6.07, 6.45) is -4.60. The predicted octanol–water partition coefficient (Wildman–Crippen LogP) is 6.28. The lowest BCUT2D eigenvalue weighted by Crippen LogP contribution is -2.44. The number of carboxylic acids is 2. The zero-order chi connectivity index (χ0) is 28.3. The van der Waals surface area contributed by atoms with E-state index in [0.29, 0.717) is 12.0 Å². The van der Waals surface area contributed by atoms with Crippen LogP contribution in [0.2, 0.25) is 5.02 Å². The molecule has 37 heavy (non-hydrogen) atoms. The van der Waals surface area contributed by atoms with Crippen LogP contribution in [0, 0.1) is 22.6 Å². The first kappa shape index (κ1) is 30.5. The Morgan fingerprint density at radius 3 is 2.19 bits per heavy atom. The summed E-state index contributed by atoms with van der Waals surface area (Å²) in [4.78, 5) is 21.2. The molecular formula is C25H24BrClF4N2O4. The Kier molecular flexibility index (Phi) is 9.39. The summed E-state index contributed by atoms with van der Waals surface area (Å²) < 4.78 is 47.7. The monoisotopic (exact) mass is 606 g/mol. The highest BCUT2D eigenvalue weighted by Gasteiger charge is 2.60. The van der Waals surface area contributed by atoms with Crippen molar-refractivity contribution in [2.24, 2.45) is 5.41 Å². The third kappa shape index (κ3) is 7.00. The molecule has 200 valence electrons. The van der Waals surface area contributed by atoms with Crippen LogP contribution in [0.5, 0.6) is 0 Å². The number of nitrogens with zero attached hydrogens (tertiary/aromatic N) is 1. The Morgan fingerprint density at radius 1 is 1.16 bits per heavy atom. The minimum Gasteiger partial charge on any atom is -0.480 e. The van der Waals surface area contributed by atoms with Gasteiger partial charge in [0.05, 0.1) is 6.07 Å². The summed E-state index contributed by atoms with van der Waals surface area (Å²) >= 11 is 9.40. The van der Waals surface area contributed by atoms with Gasteiger partial charge in [0.25, 0.3) is 0 Å². The molecule has 0 aromatic heterocycles. The first-order valence-corrected chi connectivity index (χ1v) is 12.0. The van der Waals surface area contributed by atoms with E-state index in [9.17, 15) is 28.3 Å². The topological polar surface area (TPSA) is 110 Å². The summed E-state index contributed by atoms with van der Waals surface area (Å²) in [5, 5.41) is 31.1. The van der Waals surface area contributed by atoms with Crippen LogP contribution in [-0.4, -0.2) is 40.4 Å². The molecule has 2 aromatic carbocycles. The van der Waals surface area contributed by atoms with Crippen LogP contribution in [-0.2, 0) is 15.0 Å². The second-order valence-corrected chi connectivity index (χ2v) is 11.1. The molecule has 6 nitrogen and oxygen atoms in total. The number of benzene rings is 2. The third-order valence-electron chi connectivity index (χ3n) is 5.85. The van der Waals surface area contributed by atoms with Crippen LogP contribution in [0.15, 0.2) is 46.9 Å². The maximum Gasteiger partial charge on any atom is 0.490 e. The molecule has 1 fully saturated rings. The molecule has 1 heterocycles. The number of nitrogens with one attached hydrogen (secondary N) is 1. The van der Waals surface area contributed by atoms with E-state index < -0.39 is 47.3 Å². The van der Waals surface area contributed by atoms with Gasteiger partial charge in [-0.1, -0.05) is 66.5 Å². The highest BCUT2D eigenvalue weighted by Crippen LogP contribution is 2.52. The standard InChI is InChI=1S/C23H23BrClFN2O2.C2HF3O2/c1-22(2,3)11-18-23(12-27,16-8-7-15(25)10-17(16)26)19(20(28-18)21(29)30)13-5-4-6-14(24)9-13;3-2(4,5)1(6)7/h4-10,18-20,28H,11H2,1-3H3,(H,29,30);(H,6,7)/t18-,19-,20+,23-;/m0./s1. The number of alkyl halides is 3. The second-order valence-electron chi connectivity index (χ2n) is 9.74. The summed E-state index contributed by atoms with van der Waals surface area (Å²) in [5.41, 5.74) is -0.856. The van der Waals surface area contributed by atoms with E-state index in [1.165, 1.54) is 12.1 Å². The van der Waals surface area contributed by atoms with Crippen LogP contribution in [0.4, 0.5) is 17.6 Å². The molecule has 0 saturated carbocycles. The highest BCUT2D eigenvalue weighted by atomic mass is 79.9. The average Bonchev–Trinajstić information content (AvgIpc) is 3.07. The van der Waals surface area contributed by atoms with Gasteiger partial charge in [0.2, 0.25) is 0 Å². The molecule has 2 aromatic rings. The lowest BCUT2D eigenvalue weighted by Gasteiger charge is -2.37. The smallest absolute Gasteiger partial charge is 0.480 e. The summed E-state index contributed by atoms with van der Waals surface area (Å²) in [5.74, 6) is -5.26. The van der Waals surface area contributed by atoms with Crippen LogP contribution in [0.25, 0.3) is 0 Å². The quantitative estimate of drug-likeness (QED) is 0.353. The van der Waals surface area contributed by atoms with Gasteiger partial charge in [-0.15, -0.1) is 0 Å². The molecular weight excluding hydrogens is 584 g/mol. The molecule has 0 radical (unpaired) electrons. The van der Waals surface area contributed by atoms with Crippen molar-refractivity contribution in [3.05, 3.63) is 68.9 Å². The number of nitriles is 1. The number of halogens is 6. The molecule has 1 aliphatic rings. The molecule has 3 N–H and O–H groups in total. The van der Waals surface area contributed by atoms with Crippen LogP contribution in [0.3, 0.4) is 0 Å². The molecule has 0 unspecified atom stereocenters. The van der Waals surface area contributed by atoms with Gasteiger partial charge in [-0.2, -0.15) is 18.4 Å². The summed E-state index contributed by atoms with van der Waals surface area (Å²) in [6.45, 7) is 6.03. The van der Waals surface area contributed by atoms with Crippen LogP contribution < -0.4 is 5.32 Å². The first-order chi connectivity index (χ1) is 16.9. The van der Waals surface area contributed by atoms with Crippen molar-refractivity contribution in [3.8, 4) is 6.07 Å².